The van der Waals surface area contributed by atoms with E-state index in [1.54, 1.807) is 0 Å². The Morgan fingerprint density at radius 2 is 0.981 bits per heavy atom. The molecule has 0 unspecified atom stereocenters. The van der Waals surface area contributed by atoms with E-state index in [0.29, 0.717) is 5.82 Å². The summed E-state index contributed by atoms with van der Waals surface area (Å²) in [6.45, 7) is 0. The summed E-state index contributed by atoms with van der Waals surface area (Å²) in [7, 11) is 0. The van der Waals surface area contributed by atoms with Crippen LogP contribution < -0.4 is 0 Å². The van der Waals surface area contributed by atoms with E-state index in [0.717, 1.165) is 60.8 Å². The number of aromatic nitrogens is 2. The summed E-state index contributed by atoms with van der Waals surface area (Å²) in [4.78, 5) is 10.6. The topological polar surface area (TPSA) is 38.9 Å². The van der Waals surface area contributed by atoms with Crippen molar-refractivity contribution in [1.29, 1.82) is 0 Å². The van der Waals surface area contributed by atoms with Gasteiger partial charge < -0.3 is 4.42 Å². The minimum absolute atomic E-state index is 0.462. The van der Waals surface area contributed by atoms with Crippen LogP contribution in [0.25, 0.3) is 77.7 Å². The van der Waals surface area contributed by atoms with Gasteiger partial charge in [-0.15, -0.1) is 0 Å². The first-order valence-electron chi connectivity index (χ1n) is 18.4. The van der Waals surface area contributed by atoms with Crippen LogP contribution in [0.15, 0.2) is 199 Å². The highest BCUT2D eigenvalue weighted by Crippen LogP contribution is 2.56. The average Bonchev–Trinajstić information content (AvgIpc) is 3.78. The molecule has 0 amide bonds. The predicted molar refractivity (Wildman–Crippen MR) is 220 cm³/mol. The smallest absolute Gasteiger partial charge is 0.160 e. The lowest BCUT2D eigenvalue weighted by Crippen LogP contribution is -2.28. The first kappa shape index (κ1) is 30.5. The summed E-state index contributed by atoms with van der Waals surface area (Å²) in [6, 6.07) is 69.2. The molecule has 3 heteroatoms. The highest BCUT2D eigenvalue weighted by molar-refractivity contribution is 6.21. The van der Waals surface area contributed by atoms with E-state index in [4.69, 9.17) is 14.4 Å². The fraction of sp³-hybridized carbons (Fsp3) is 0.0196. The molecule has 1 aliphatic rings. The van der Waals surface area contributed by atoms with Gasteiger partial charge in [0, 0.05) is 27.3 Å². The monoisotopic (exact) mass is 688 g/mol. The number of nitrogens with zero attached hydrogens (tertiary/aromatic N) is 2. The van der Waals surface area contributed by atoms with Gasteiger partial charge in [0.25, 0.3) is 0 Å². The first-order chi connectivity index (χ1) is 26.8. The van der Waals surface area contributed by atoms with Gasteiger partial charge in [-0.05, 0) is 74.8 Å². The molecule has 0 bridgehead atoms. The summed E-state index contributed by atoms with van der Waals surface area (Å²) in [5.74, 6) is 0.686. The predicted octanol–water partition coefficient (Wildman–Crippen LogP) is 12.9. The molecule has 1 aliphatic carbocycles. The Kier molecular flexibility index (Phi) is 6.77. The SMILES string of the molecule is c1ccc(-c2nc(-c3cccc(-c4cccc(C5(c6ccccc6)c6ccccc6-c6ccccc65)c4)c3)nc3ccc4oc5ccccc5c4c23)cc1. The lowest BCUT2D eigenvalue weighted by atomic mass is 9.67. The van der Waals surface area contributed by atoms with Gasteiger partial charge in [0.15, 0.2) is 5.82 Å². The van der Waals surface area contributed by atoms with E-state index < -0.39 is 5.41 Å². The molecule has 0 atom stereocenters. The molecule has 0 N–H and O–H groups in total. The molecule has 0 radical (unpaired) electrons. The molecule has 0 spiro atoms. The van der Waals surface area contributed by atoms with Gasteiger partial charge in [-0.3, -0.25) is 0 Å². The number of para-hydroxylation sites is 1. The van der Waals surface area contributed by atoms with Crippen molar-refractivity contribution in [3.05, 3.63) is 216 Å². The maximum atomic E-state index is 6.30. The van der Waals surface area contributed by atoms with Crippen LogP contribution in [0.3, 0.4) is 0 Å². The van der Waals surface area contributed by atoms with Crippen LogP contribution in [0, 0.1) is 0 Å². The fourth-order valence-electron chi connectivity index (χ4n) is 8.86. The molecule has 11 rings (SSSR count). The van der Waals surface area contributed by atoms with Gasteiger partial charge >= 0.3 is 0 Å². The van der Waals surface area contributed by atoms with E-state index >= 15 is 0 Å². The molecule has 3 nitrogen and oxygen atoms in total. The molecule has 0 fully saturated rings. The van der Waals surface area contributed by atoms with Crippen molar-refractivity contribution in [3.8, 4) is 44.9 Å². The summed E-state index contributed by atoms with van der Waals surface area (Å²) >= 11 is 0. The Labute approximate surface area is 312 Å². The van der Waals surface area contributed by atoms with E-state index in [2.05, 4.69) is 170 Å². The second kappa shape index (κ2) is 12.0. The zero-order valence-corrected chi connectivity index (χ0v) is 29.3. The molecule has 0 aliphatic heterocycles. The van der Waals surface area contributed by atoms with Crippen LogP contribution in [0.2, 0.25) is 0 Å². The van der Waals surface area contributed by atoms with Crippen molar-refractivity contribution < 1.29 is 4.42 Å². The molecule has 2 aromatic heterocycles. The van der Waals surface area contributed by atoms with Gasteiger partial charge in [-0.25, -0.2) is 9.97 Å². The number of benzene rings is 8. The number of hydrogen-bond donors (Lipinski definition) is 0. The van der Waals surface area contributed by atoms with Crippen LogP contribution in [-0.4, -0.2) is 9.97 Å². The van der Waals surface area contributed by atoms with Crippen LogP contribution in [-0.2, 0) is 5.41 Å². The highest BCUT2D eigenvalue weighted by atomic mass is 16.3. The molecular formula is C51H32N2O. The Morgan fingerprint density at radius 3 is 1.76 bits per heavy atom. The van der Waals surface area contributed by atoms with Crippen molar-refractivity contribution in [2.24, 2.45) is 0 Å². The van der Waals surface area contributed by atoms with Crippen molar-refractivity contribution in [2.45, 2.75) is 5.41 Å². The quantitative estimate of drug-likeness (QED) is 0.181. The number of fused-ring (bicyclic) bond motifs is 8. The first-order valence-corrected chi connectivity index (χ1v) is 18.4. The summed E-state index contributed by atoms with van der Waals surface area (Å²) in [5, 5.41) is 3.11. The van der Waals surface area contributed by atoms with Crippen LogP contribution in [0.1, 0.15) is 22.3 Å². The summed E-state index contributed by atoms with van der Waals surface area (Å²) in [6.07, 6.45) is 0. The third-order valence-corrected chi connectivity index (χ3v) is 11.2. The van der Waals surface area contributed by atoms with Gasteiger partial charge in [0.05, 0.1) is 16.6 Å². The third kappa shape index (κ3) is 4.49. The van der Waals surface area contributed by atoms with Crippen LogP contribution in [0.5, 0.6) is 0 Å². The maximum Gasteiger partial charge on any atom is 0.160 e. The van der Waals surface area contributed by atoms with Crippen molar-refractivity contribution in [3.63, 3.8) is 0 Å². The average molecular weight is 689 g/mol. The zero-order valence-electron chi connectivity index (χ0n) is 29.3. The van der Waals surface area contributed by atoms with Crippen molar-refractivity contribution in [2.75, 3.05) is 0 Å². The lowest BCUT2D eigenvalue weighted by Gasteiger charge is -2.34. The second-order valence-corrected chi connectivity index (χ2v) is 14.1. The van der Waals surface area contributed by atoms with Gasteiger partial charge in [0.2, 0.25) is 0 Å². The van der Waals surface area contributed by atoms with E-state index in [-0.39, 0.29) is 0 Å². The minimum Gasteiger partial charge on any atom is -0.456 e. The Hall–Kier alpha value is -7.10. The Bertz CT molecular complexity index is 3010. The van der Waals surface area contributed by atoms with E-state index in [1.165, 1.54) is 33.4 Å². The van der Waals surface area contributed by atoms with Gasteiger partial charge in [-0.2, -0.15) is 0 Å². The minimum atomic E-state index is -0.462. The van der Waals surface area contributed by atoms with E-state index in [1.807, 2.05) is 24.3 Å². The number of furan rings is 1. The number of hydrogen-bond acceptors (Lipinski definition) is 3. The number of rotatable bonds is 5. The highest BCUT2D eigenvalue weighted by Gasteiger charge is 2.45. The molecular weight excluding hydrogens is 657 g/mol. The maximum absolute atomic E-state index is 6.30. The zero-order chi connectivity index (χ0) is 35.6. The van der Waals surface area contributed by atoms with Crippen molar-refractivity contribution >= 4 is 32.8 Å². The molecule has 252 valence electrons. The molecule has 54 heavy (non-hydrogen) atoms. The van der Waals surface area contributed by atoms with Crippen LogP contribution in [0.4, 0.5) is 0 Å². The Balaban J connectivity index is 1.10. The second-order valence-electron chi connectivity index (χ2n) is 14.1. The fourth-order valence-corrected chi connectivity index (χ4v) is 8.86. The summed E-state index contributed by atoms with van der Waals surface area (Å²) in [5.41, 5.74) is 14.9. The standard InChI is InChI=1S/C51H32N2O/c1-3-15-33(16-4-1)49-48-44(29-30-46-47(48)41-25-9-12-28-45(41)54-46)52-50(53-49)36-19-13-17-34(31-36)35-18-14-22-38(32-35)51(37-20-5-2-6-21-37)42-26-10-7-23-39(42)40-24-8-11-27-43(40)51/h1-32H. The van der Waals surface area contributed by atoms with Crippen molar-refractivity contribution in [1.82, 2.24) is 9.97 Å². The summed E-state index contributed by atoms with van der Waals surface area (Å²) < 4.78 is 6.30. The van der Waals surface area contributed by atoms with Crippen LogP contribution >= 0.6 is 0 Å². The molecule has 0 saturated carbocycles. The molecule has 8 aromatic carbocycles. The third-order valence-electron chi connectivity index (χ3n) is 11.2. The molecule has 0 saturated heterocycles. The normalized spacial score (nSPS) is 13.0. The Morgan fingerprint density at radius 1 is 0.389 bits per heavy atom. The molecule has 2 heterocycles. The van der Waals surface area contributed by atoms with E-state index in [9.17, 15) is 0 Å². The lowest BCUT2D eigenvalue weighted by molar-refractivity contribution is 0.669. The largest absolute Gasteiger partial charge is 0.456 e. The van der Waals surface area contributed by atoms with Gasteiger partial charge in [0.1, 0.15) is 11.2 Å². The van der Waals surface area contributed by atoms with Gasteiger partial charge in [-0.1, -0.05) is 164 Å². The molecule has 10 aromatic rings.